The number of aryl methyl sites for hydroxylation is 1. The van der Waals surface area contributed by atoms with Crippen LogP contribution >= 0.6 is 0 Å². The van der Waals surface area contributed by atoms with Gasteiger partial charge in [0.05, 0.1) is 11.5 Å². The van der Waals surface area contributed by atoms with Gasteiger partial charge >= 0.3 is 5.97 Å². The van der Waals surface area contributed by atoms with Gasteiger partial charge in [0.15, 0.2) is 0 Å². The highest BCUT2D eigenvalue weighted by atomic mass is 16.4. The molecule has 1 aromatic heterocycles. The Morgan fingerprint density at radius 2 is 2.05 bits per heavy atom. The Labute approximate surface area is 118 Å². The lowest BCUT2D eigenvalue weighted by molar-refractivity contribution is -0.151. The van der Waals surface area contributed by atoms with Crippen molar-refractivity contribution in [1.82, 2.24) is 5.32 Å². The van der Waals surface area contributed by atoms with Crippen molar-refractivity contribution in [3.63, 3.8) is 0 Å². The first-order chi connectivity index (χ1) is 9.43. The van der Waals surface area contributed by atoms with Gasteiger partial charge in [-0.15, -0.1) is 0 Å². The molecule has 5 nitrogen and oxygen atoms in total. The first-order valence-electron chi connectivity index (χ1n) is 7.02. The van der Waals surface area contributed by atoms with E-state index in [1.165, 1.54) is 0 Å². The number of carbonyl (C=O) groups excluding carboxylic acids is 1. The molecule has 0 aliphatic heterocycles. The minimum Gasteiger partial charge on any atom is -0.481 e. The van der Waals surface area contributed by atoms with E-state index in [1.807, 2.05) is 26.0 Å². The van der Waals surface area contributed by atoms with E-state index in [9.17, 15) is 14.7 Å². The SMILES string of the molecule is Cc1ccc(C(C)NC(=O)CC2(C(=O)O)CCCC2)o1. The zero-order valence-electron chi connectivity index (χ0n) is 11.9. The molecule has 0 saturated heterocycles. The minimum absolute atomic E-state index is 0.0480. The van der Waals surface area contributed by atoms with Crippen LogP contribution in [-0.2, 0) is 9.59 Å². The van der Waals surface area contributed by atoms with E-state index >= 15 is 0 Å². The number of carbonyl (C=O) groups is 2. The van der Waals surface area contributed by atoms with Gasteiger partial charge < -0.3 is 14.8 Å². The molecule has 1 saturated carbocycles. The second kappa shape index (κ2) is 5.69. The standard InChI is InChI=1S/C15H21NO4/c1-10-5-6-12(20-10)11(2)16-13(17)9-15(14(18)19)7-3-4-8-15/h5-6,11H,3-4,7-9H2,1-2H3,(H,16,17)(H,18,19). The normalized spacial score (nSPS) is 18.7. The summed E-state index contributed by atoms with van der Waals surface area (Å²) in [5, 5.41) is 12.2. The second-order valence-corrected chi connectivity index (χ2v) is 5.71. The van der Waals surface area contributed by atoms with E-state index in [0.717, 1.165) is 18.6 Å². The number of hydrogen-bond acceptors (Lipinski definition) is 3. The van der Waals surface area contributed by atoms with E-state index in [2.05, 4.69) is 5.32 Å². The van der Waals surface area contributed by atoms with Gasteiger partial charge in [-0.05, 0) is 38.8 Å². The smallest absolute Gasteiger partial charge is 0.310 e. The molecule has 1 aliphatic rings. The van der Waals surface area contributed by atoms with Crippen molar-refractivity contribution in [2.45, 2.75) is 52.0 Å². The molecule has 5 heteroatoms. The molecule has 0 aromatic carbocycles. The summed E-state index contributed by atoms with van der Waals surface area (Å²) in [6.07, 6.45) is 2.99. The molecule has 1 unspecified atom stereocenters. The number of amides is 1. The maximum atomic E-state index is 12.1. The van der Waals surface area contributed by atoms with Gasteiger partial charge in [-0.1, -0.05) is 12.8 Å². The van der Waals surface area contributed by atoms with Crippen molar-refractivity contribution in [2.75, 3.05) is 0 Å². The zero-order chi connectivity index (χ0) is 14.8. The first kappa shape index (κ1) is 14.6. The Kier molecular flexibility index (Phi) is 4.16. The van der Waals surface area contributed by atoms with Crippen LogP contribution in [0, 0.1) is 12.3 Å². The summed E-state index contributed by atoms with van der Waals surface area (Å²) in [6.45, 7) is 3.67. The summed E-state index contributed by atoms with van der Waals surface area (Å²) in [6, 6.07) is 3.42. The third-order valence-electron chi connectivity index (χ3n) is 4.08. The fourth-order valence-corrected chi connectivity index (χ4v) is 2.88. The minimum atomic E-state index is -0.872. The lowest BCUT2D eigenvalue weighted by Crippen LogP contribution is -2.36. The molecular formula is C15H21NO4. The summed E-state index contributed by atoms with van der Waals surface area (Å²) in [5.41, 5.74) is -0.872. The summed E-state index contributed by atoms with van der Waals surface area (Å²) in [4.78, 5) is 23.5. The summed E-state index contributed by atoms with van der Waals surface area (Å²) in [5.74, 6) is 0.396. The fraction of sp³-hybridized carbons (Fsp3) is 0.600. The van der Waals surface area contributed by atoms with Crippen molar-refractivity contribution >= 4 is 11.9 Å². The summed E-state index contributed by atoms with van der Waals surface area (Å²) < 4.78 is 5.46. The molecule has 2 N–H and O–H groups in total. The largest absolute Gasteiger partial charge is 0.481 e. The van der Waals surface area contributed by atoms with Crippen LogP contribution in [0.15, 0.2) is 16.5 Å². The van der Waals surface area contributed by atoms with Crippen LogP contribution in [0.25, 0.3) is 0 Å². The highest BCUT2D eigenvalue weighted by molar-refractivity contribution is 5.85. The van der Waals surface area contributed by atoms with E-state index in [-0.39, 0.29) is 18.4 Å². The van der Waals surface area contributed by atoms with Crippen molar-refractivity contribution in [3.8, 4) is 0 Å². The summed E-state index contributed by atoms with van der Waals surface area (Å²) in [7, 11) is 0. The lowest BCUT2D eigenvalue weighted by atomic mass is 9.82. The lowest BCUT2D eigenvalue weighted by Gasteiger charge is -2.23. The Hall–Kier alpha value is -1.78. The molecule has 1 fully saturated rings. The first-order valence-corrected chi connectivity index (χ1v) is 7.02. The van der Waals surface area contributed by atoms with Crippen LogP contribution in [0.4, 0.5) is 0 Å². The van der Waals surface area contributed by atoms with E-state index in [1.54, 1.807) is 0 Å². The molecule has 1 heterocycles. The van der Waals surface area contributed by atoms with Crippen molar-refractivity contribution in [3.05, 3.63) is 23.7 Å². The van der Waals surface area contributed by atoms with Gasteiger partial charge in [0.1, 0.15) is 11.5 Å². The molecule has 1 aromatic rings. The van der Waals surface area contributed by atoms with Crippen LogP contribution in [0.1, 0.15) is 56.6 Å². The third kappa shape index (κ3) is 3.03. The molecule has 20 heavy (non-hydrogen) atoms. The number of aliphatic carboxylic acids is 1. The van der Waals surface area contributed by atoms with Gasteiger partial charge in [0.2, 0.25) is 5.91 Å². The van der Waals surface area contributed by atoms with Gasteiger partial charge in [-0.3, -0.25) is 9.59 Å². The molecule has 1 amide bonds. The molecular weight excluding hydrogens is 258 g/mol. The monoisotopic (exact) mass is 279 g/mol. The number of furan rings is 1. The van der Waals surface area contributed by atoms with Gasteiger partial charge in [-0.25, -0.2) is 0 Å². The predicted octanol–water partition coefficient (Wildman–Crippen LogP) is 2.80. The van der Waals surface area contributed by atoms with Crippen molar-refractivity contribution in [2.24, 2.45) is 5.41 Å². The number of carboxylic acid groups (broad SMARTS) is 1. The van der Waals surface area contributed by atoms with Crippen molar-refractivity contribution < 1.29 is 19.1 Å². The topological polar surface area (TPSA) is 79.5 Å². The molecule has 0 spiro atoms. The highest BCUT2D eigenvalue weighted by Crippen LogP contribution is 2.41. The average Bonchev–Trinajstić information content (AvgIpc) is 2.98. The molecule has 1 atom stereocenters. The number of hydrogen-bond donors (Lipinski definition) is 2. The highest BCUT2D eigenvalue weighted by Gasteiger charge is 2.43. The van der Waals surface area contributed by atoms with Crippen LogP contribution in [0.2, 0.25) is 0 Å². The van der Waals surface area contributed by atoms with E-state index in [4.69, 9.17) is 4.42 Å². The third-order valence-corrected chi connectivity index (χ3v) is 4.08. The molecule has 2 rings (SSSR count). The Morgan fingerprint density at radius 3 is 2.55 bits per heavy atom. The van der Waals surface area contributed by atoms with Gasteiger partial charge in [-0.2, -0.15) is 0 Å². The molecule has 0 radical (unpaired) electrons. The Bertz CT molecular complexity index is 500. The number of carboxylic acids is 1. The fourth-order valence-electron chi connectivity index (χ4n) is 2.88. The molecule has 1 aliphatic carbocycles. The maximum absolute atomic E-state index is 12.1. The van der Waals surface area contributed by atoms with Gasteiger partial charge in [0, 0.05) is 6.42 Å². The van der Waals surface area contributed by atoms with Crippen LogP contribution in [0.5, 0.6) is 0 Å². The summed E-state index contributed by atoms with van der Waals surface area (Å²) >= 11 is 0. The van der Waals surface area contributed by atoms with E-state index in [0.29, 0.717) is 18.6 Å². The van der Waals surface area contributed by atoms with Gasteiger partial charge in [0.25, 0.3) is 0 Å². The van der Waals surface area contributed by atoms with Crippen LogP contribution in [0.3, 0.4) is 0 Å². The molecule has 110 valence electrons. The predicted molar refractivity (Wildman–Crippen MR) is 73.2 cm³/mol. The van der Waals surface area contributed by atoms with Crippen LogP contribution in [-0.4, -0.2) is 17.0 Å². The molecule has 0 bridgehead atoms. The Morgan fingerprint density at radius 1 is 1.40 bits per heavy atom. The quantitative estimate of drug-likeness (QED) is 0.868. The van der Waals surface area contributed by atoms with Crippen molar-refractivity contribution in [1.29, 1.82) is 0 Å². The van der Waals surface area contributed by atoms with Crippen LogP contribution < -0.4 is 5.32 Å². The Balaban J connectivity index is 1.96. The second-order valence-electron chi connectivity index (χ2n) is 5.71. The maximum Gasteiger partial charge on any atom is 0.310 e. The number of nitrogens with one attached hydrogen (secondary N) is 1. The average molecular weight is 279 g/mol. The number of rotatable bonds is 5. The van der Waals surface area contributed by atoms with E-state index < -0.39 is 11.4 Å². The zero-order valence-corrected chi connectivity index (χ0v) is 11.9.